The van der Waals surface area contributed by atoms with Crippen molar-refractivity contribution in [2.45, 2.75) is 17.9 Å². The fourth-order valence-electron chi connectivity index (χ4n) is 1.51. The maximum atomic E-state index is 12.3. The first kappa shape index (κ1) is 15.1. The Balaban J connectivity index is 2.21. The molecule has 9 heteroatoms. The summed E-state index contributed by atoms with van der Waals surface area (Å²) in [6.45, 7) is -0.144. The number of rotatable bonds is 5. The molecule has 8 nitrogen and oxygen atoms in total. The van der Waals surface area contributed by atoms with E-state index in [4.69, 9.17) is 5.11 Å². The van der Waals surface area contributed by atoms with E-state index in [1.165, 1.54) is 6.07 Å². The predicted octanol–water partition coefficient (Wildman–Crippen LogP) is -0.588. The van der Waals surface area contributed by atoms with Crippen molar-refractivity contribution >= 4 is 10.0 Å². The number of nitrogens with one attached hydrogen (secondary N) is 2. The number of benzene rings is 1. The molecule has 1 aromatic heterocycles. The zero-order valence-electron chi connectivity index (χ0n) is 10.9. The van der Waals surface area contributed by atoms with Gasteiger partial charge in [-0.25, -0.2) is 13.1 Å². The van der Waals surface area contributed by atoms with Crippen molar-refractivity contribution < 1.29 is 13.5 Å². The maximum Gasteiger partial charge on any atom is 0.242 e. The Morgan fingerprint density at radius 3 is 2.86 bits per heavy atom. The molecule has 0 aliphatic heterocycles. The van der Waals surface area contributed by atoms with E-state index in [0.717, 1.165) is 0 Å². The summed E-state index contributed by atoms with van der Waals surface area (Å²) in [4.78, 5) is 0.0685. The van der Waals surface area contributed by atoms with Gasteiger partial charge in [-0.15, -0.1) is 10.2 Å². The molecule has 21 heavy (non-hydrogen) atoms. The van der Waals surface area contributed by atoms with Crippen molar-refractivity contribution in [3.05, 3.63) is 35.7 Å². The number of aromatic nitrogens is 4. The van der Waals surface area contributed by atoms with Crippen LogP contribution in [0, 0.1) is 11.8 Å². The molecule has 0 saturated heterocycles. The number of H-pyrrole nitrogens is 1. The van der Waals surface area contributed by atoms with E-state index in [1.807, 2.05) is 0 Å². The molecule has 0 fully saturated rings. The van der Waals surface area contributed by atoms with Gasteiger partial charge in [0.25, 0.3) is 0 Å². The molecule has 1 aromatic carbocycles. The van der Waals surface area contributed by atoms with Crippen LogP contribution in [0.25, 0.3) is 0 Å². The van der Waals surface area contributed by atoms with Crippen LogP contribution < -0.4 is 4.72 Å². The van der Waals surface area contributed by atoms with Gasteiger partial charge >= 0.3 is 0 Å². The Hall–Kier alpha value is -2.28. The average Bonchev–Trinajstić information content (AvgIpc) is 2.99. The minimum absolute atomic E-state index is 0.0685. The second-order valence-corrected chi connectivity index (χ2v) is 5.66. The lowest BCUT2D eigenvalue weighted by Gasteiger charge is -2.06. The number of sulfonamides is 1. The molecule has 0 atom stereocenters. The summed E-state index contributed by atoms with van der Waals surface area (Å²) in [5.74, 6) is 5.67. The lowest BCUT2D eigenvalue weighted by molar-refractivity contribution is 0.305. The third-order valence-electron chi connectivity index (χ3n) is 2.45. The van der Waals surface area contributed by atoms with E-state index in [2.05, 4.69) is 37.2 Å². The standard InChI is InChI=1S/C12H13N5O3S/c18-8-4-3-6-10-5-1-2-7-11(10)21(19,20)13-9-12-14-16-17-15-12/h1-2,5,7,13,18H,4,8-9H2,(H,14,15,16,17). The number of hydrogen-bond acceptors (Lipinski definition) is 6. The van der Waals surface area contributed by atoms with Gasteiger partial charge < -0.3 is 5.11 Å². The van der Waals surface area contributed by atoms with Crippen LogP contribution in [0.1, 0.15) is 17.8 Å². The first-order chi connectivity index (χ1) is 10.1. The van der Waals surface area contributed by atoms with Crippen molar-refractivity contribution in [1.82, 2.24) is 25.3 Å². The van der Waals surface area contributed by atoms with Crippen molar-refractivity contribution in [2.24, 2.45) is 0 Å². The second kappa shape index (κ2) is 6.94. The molecular formula is C12H13N5O3S. The predicted molar refractivity (Wildman–Crippen MR) is 73.2 cm³/mol. The van der Waals surface area contributed by atoms with Gasteiger partial charge in [-0.05, 0) is 12.1 Å². The van der Waals surface area contributed by atoms with E-state index in [0.29, 0.717) is 5.56 Å². The summed E-state index contributed by atoms with van der Waals surface area (Å²) >= 11 is 0. The molecule has 3 N–H and O–H groups in total. The van der Waals surface area contributed by atoms with Crippen LogP contribution in [0.3, 0.4) is 0 Å². The number of aliphatic hydroxyl groups excluding tert-OH is 1. The summed E-state index contributed by atoms with van der Waals surface area (Å²) in [5, 5.41) is 21.6. The molecule has 0 spiro atoms. The molecule has 2 aromatic rings. The van der Waals surface area contributed by atoms with Crippen molar-refractivity contribution in [2.75, 3.05) is 6.61 Å². The first-order valence-electron chi connectivity index (χ1n) is 6.04. The summed E-state index contributed by atoms with van der Waals surface area (Å²) < 4.78 is 26.9. The number of aliphatic hydroxyl groups is 1. The Morgan fingerprint density at radius 1 is 1.33 bits per heavy atom. The van der Waals surface area contributed by atoms with E-state index in [-0.39, 0.29) is 30.3 Å². The monoisotopic (exact) mass is 307 g/mol. The highest BCUT2D eigenvalue weighted by Crippen LogP contribution is 2.14. The molecule has 0 unspecified atom stereocenters. The van der Waals surface area contributed by atoms with Gasteiger partial charge in [0.05, 0.1) is 18.0 Å². The third kappa shape index (κ3) is 4.09. The van der Waals surface area contributed by atoms with E-state index < -0.39 is 10.0 Å². The number of hydrogen-bond donors (Lipinski definition) is 3. The molecule has 0 aliphatic rings. The van der Waals surface area contributed by atoms with E-state index in [1.54, 1.807) is 18.2 Å². The highest BCUT2D eigenvalue weighted by atomic mass is 32.2. The van der Waals surface area contributed by atoms with Gasteiger partial charge in [-0.3, -0.25) is 0 Å². The van der Waals surface area contributed by atoms with Gasteiger partial charge in [0, 0.05) is 12.0 Å². The molecule has 110 valence electrons. The summed E-state index contributed by atoms with van der Waals surface area (Å²) in [5.41, 5.74) is 0.367. The fourth-order valence-corrected chi connectivity index (χ4v) is 2.65. The molecule has 0 radical (unpaired) electrons. The lowest BCUT2D eigenvalue weighted by atomic mass is 10.2. The quantitative estimate of drug-likeness (QED) is 0.635. The van der Waals surface area contributed by atoms with Gasteiger partial charge in [0.15, 0.2) is 5.82 Å². The normalized spacial score (nSPS) is 10.9. The highest BCUT2D eigenvalue weighted by molar-refractivity contribution is 7.89. The first-order valence-corrected chi connectivity index (χ1v) is 7.52. The summed E-state index contributed by atoms with van der Waals surface area (Å²) in [6, 6.07) is 6.37. The number of tetrazole rings is 1. The van der Waals surface area contributed by atoms with Crippen molar-refractivity contribution in [3.8, 4) is 11.8 Å². The Bertz CT molecular complexity index is 747. The largest absolute Gasteiger partial charge is 0.395 e. The fraction of sp³-hybridized carbons (Fsp3) is 0.250. The number of nitrogens with zero attached hydrogens (tertiary/aromatic N) is 3. The highest BCUT2D eigenvalue weighted by Gasteiger charge is 2.17. The van der Waals surface area contributed by atoms with Crippen LogP contribution in [0.5, 0.6) is 0 Å². The van der Waals surface area contributed by atoms with Crippen LogP contribution in [-0.4, -0.2) is 40.8 Å². The molecule has 0 aliphatic carbocycles. The van der Waals surface area contributed by atoms with Crippen LogP contribution in [0.2, 0.25) is 0 Å². The smallest absolute Gasteiger partial charge is 0.242 e. The Labute approximate surface area is 121 Å². The van der Waals surface area contributed by atoms with Gasteiger partial charge in [0.2, 0.25) is 10.0 Å². The zero-order chi connectivity index (χ0) is 15.1. The Morgan fingerprint density at radius 2 is 2.14 bits per heavy atom. The Kier molecular flexibility index (Phi) is 4.99. The van der Waals surface area contributed by atoms with Crippen molar-refractivity contribution in [3.63, 3.8) is 0 Å². The van der Waals surface area contributed by atoms with Crippen LogP contribution in [0.4, 0.5) is 0 Å². The molecular weight excluding hydrogens is 294 g/mol. The summed E-state index contributed by atoms with van der Waals surface area (Å²) in [7, 11) is -3.74. The van der Waals surface area contributed by atoms with E-state index in [9.17, 15) is 8.42 Å². The van der Waals surface area contributed by atoms with Crippen LogP contribution >= 0.6 is 0 Å². The summed E-state index contributed by atoms with van der Waals surface area (Å²) in [6.07, 6.45) is 0.282. The van der Waals surface area contributed by atoms with Crippen molar-refractivity contribution in [1.29, 1.82) is 0 Å². The molecule has 0 amide bonds. The van der Waals surface area contributed by atoms with Crippen LogP contribution in [0.15, 0.2) is 29.2 Å². The molecule has 0 saturated carbocycles. The average molecular weight is 307 g/mol. The molecule has 0 bridgehead atoms. The second-order valence-electron chi connectivity index (χ2n) is 3.92. The van der Waals surface area contributed by atoms with Crippen LogP contribution in [-0.2, 0) is 16.6 Å². The SMILES string of the molecule is O=S(=O)(NCc1nn[nH]n1)c1ccccc1C#CCCO. The van der Waals surface area contributed by atoms with Gasteiger partial charge in [0.1, 0.15) is 0 Å². The minimum atomic E-state index is -3.74. The van der Waals surface area contributed by atoms with Gasteiger partial charge in [-0.2, -0.15) is 5.21 Å². The molecule has 2 rings (SSSR count). The maximum absolute atomic E-state index is 12.3. The third-order valence-corrected chi connectivity index (χ3v) is 3.91. The lowest BCUT2D eigenvalue weighted by Crippen LogP contribution is -2.24. The minimum Gasteiger partial charge on any atom is -0.395 e. The number of aromatic amines is 1. The van der Waals surface area contributed by atoms with Gasteiger partial charge in [-0.1, -0.05) is 29.2 Å². The van der Waals surface area contributed by atoms with E-state index >= 15 is 0 Å². The zero-order valence-corrected chi connectivity index (χ0v) is 11.8. The molecule has 1 heterocycles. The topological polar surface area (TPSA) is 121 Å².